The number of nitrogen functional groups attached to an aromatic ring is 2. The topological polar surface area (TPSA) is 113 Å². The molecule has 0 fully saturated rings. The zero-order chi connectivity index (χ0) is 26.8. The predicted octanol–water partition coefficient (Wildman–Crippen LogP) is 5.42. The van der Waals surface area contributed by atoms with Crippen LogP contribution in [0, 0.1) is 0 Å². The molecule has 17 heteroatoms. The van der Waals surface area contributed by atoms with E-state index in [9.17, 15) is 68.0 Å². The lowest BCUT2D eigenvalue weighted by atomic mass is 9.69. The number of hydrogen-bond donors (Lipinski definition) is 5. The molecule has 0 radical (unpaired) electrons. The van der Waals surface area contributed by atoms with Gasteiger partial charge in [0.05, 0.1) is 11.3 Å². The maximum absolute atomic E-state index is 14.2. The summed E-state index contributed by atoms with van der Waals surface area (Å²) in [5, 5.41) is 29.0. The van der Waals surface area contributed by atoms with E-state index in [0.717, 1.165) is 0 Å². The lowest BCUT2D eigenvalue weighted by molar-refractivity contribution is -0.290. The van der Waals surface area contributed by atoms with E-state index in [1.165, 1.54) is 0 Å². The largest absolute Gasteiger partial charge is 0.505 e. The molecule has 2 aromatic rings. The van der Waals surface area contributed by atoms with Crippen LogP contribution in [0.3, 0.4) is 0 Å². The Hall–Kier alpha value is -3.40. The Labute approximate surface area is 179 Å². The highest BCUT2D eigenvalue weighted by atomic mass is 19.4. The second-order valence-corrected chi connectivity index (χ2v) is 6.75. The van der Waals surface area contributed by atoms with Gasteiger partial charge in [0, 0.05) is 5.56 Å². The van der Waals surface area contributed by atoms with Crippen molar-refractivity contribution < 1.29 is 68.0 Å². The average molecular weight is 518 g/mol. The summed E-state index contributed by atoms with van der Waals surface area (Å²) in [6, 6.07) is -1.48. The minimum atomic E-state index is -6.95. The van der Waals surface area contributed by atoms with Crippen molar-refractivity contribution in [3.8, 4) is 17.2 Å². The first-order valence-electron chi connectivity index (χ1n) is 8.25. The number of halogens is 12. The molecule has 0 unspecified atom stereocenters. The molecule has 0 heterocycles. The van der Waals surface area contributed by atoms with Crippen molar-refractivity contribution in [2.24, 2.45) is 0 Å². The van der Waals surface area contributed by atoms with E-state index < -0.39 is 93.1 Å². The summed E-state index contributed by atoms with van der Waals surface area (Å²) in [6.45, 7) is 0. The van der Waals surface area contributed by atoms with E-state index in [0.29, 0.717) is 0 Å². The minimum Gasteiger partial charge on any atom is -0.505 e. The van der Waals surface area contributed by atoms with Crippen molar-refractivity contribution in [2.45, 2.75) is 30.1 Å². The molecule has 0 aliphatic carbocycles. The zero-order valence-corrected chi connectivity index (χ0v) is 15.8. The Bertz CT molecular complexity index is 1100. The Morgan fingerprint density at radius 1 is 0.559 bits per heavy atom. The molecule has 0 saturated heterocycles. The van der Waals surface area contributed by atoms with Gasteiger partial charge < -0.3 is 26.8 Å². The third kappa shape index (κ3) is 3.81. The summed E-state index contributed by atoms with van der Waals surface area (Å²) >= 11 is 0. The number of benzene rings is 2. The van der Waals surface area contributed by atoms with Gasteiger partial charge in [-0.3, -0.25) is 0 Å². The van der Waals surface area contributed by atoms with E-state index >= 15 is 0 Å². The smallest absolute Gasteiger partial charge is 0.420 e. The van der Waals surface area contributed by atoms with Crippen LogP contribution in [0.2, 0.25) is 0 Å². The molecule has 2 aromatic carbocycles. The molecular formula is C17H10F12N2O3. The Kier molecular flexibility index (Phi) is 5.97. The molecule has 0 bridgehead atoms. The lowest BCUT2D eigenvalue weighted by Gasteiger charge is -2.40. The van der Waals surface area contributed by atoms with E-state index in [-0.39, 0.29) is 6.07 Å². The van der Waals surface area contributed by atoms with Crippen molar-refractivity contribution >= 4 is 11.4 Å². The van der Waals surface area contributed by atoms with Crippen LogP contribution >= 0.6 is 0 Å². The fourth-order valence-corrected chi connectivity index (χ4v) is 3.31. The van der Waals surface area contributed by atoms with Crippen LogP contribution in [0.4, 0.5) is 64.1 Å². The van der Waals surface area contributed by atoms with Crippen LogP contribution in [-0.4, -0.2) is 27.7 Å². The van der Waals surface area contributed by atoms with Crippen LogP contribution < -0.4 is 11.5 Å². The van der Waals surface area contributed by atoms with Crippen molar-refractivity contribution in [3.05, 3.63) is 40.5 Å². The highest BCUT2D eigenvalue weighted by molar-refractivity contribution is 5.73. The fraction of sp³-hybridized carbons (Fsp3) is 0.294. The van der Waals surface area contributed by atoms with Crippen molar-refractivity contribution in [1.82, 2.24) is 0 Å². The number of phenolic OH excluding ortho intramolecular Hbond substituents is 3. The molecule has 0 aliphatic heterocycles. The Morgan fingerprint density at radius 3 is 1.38 bits per heavy atom. The fourth-order valence-electron chi connectivity index (χ4n) is 3.31. The molecule has 0 aromatic heterocycles. The monoisotopic (exact) mass is 518 g/mol. The number of alkyl halides is 12. The summed E-state index contributed by atoms with van der Waals surface area (Å²) < 4.78 is 165. The summed E-state index contributed by atoms with van der Waals surface area (Å²) in [6.07, 6.45) is -25.9. The first-order valence-corrected chi connectivity index (χ1v) is 8.25. The number of nitrogens with two attached hydrogens (primary N) is 2. The number of rotatable bonds is 2. The van der Waals surface area contributed by atoms with Gasteiger partial charge in [-0.2, -0.15) is 52.7 Å². The van der Waals surface area contributed by atoms with E-state index in [1.54, 1.807) is 0 Å². The van der Waals surface area contributed by atoms with Crippen LogP contribution in [-0.2, 0) is 17.8 Å². The van der Waals surface area contributed by atoms with Gasteiger partial charge in [-0.25, -0.2) is 0 Å². The van der Waals surface area contributed by atoms with Gasteiger partial charge in [-0.05, 0) is 17.7 Å². The summed E-state index contributed by atoms with van der Waals surface area (Å²) in [5.41, 5.74) is -10.8. The van der Waals surface area contributed by atoms with Gasteiger partial charge >= 0.3 is 24.7 Å². The Morgan fingerprint density at radius 2 is 1.00 bits per heavy atom. The molecule has 190 valence electrons. The summed E-state index contributed by atoms with van der Waals surface area (Å²) in [7, 11) is 0. The summed E-state index contributed by atoms with van der Waals surface area (Å²) in [5.74, 6) is -6.90. The van der Waals surface area contributed by atoms with E-state index in [1.807, 2.05) is 0 Å². The number of phenols is 3. The van der Waals surface area contributed by atoms with Gasteiger partial charge in [0.1, 0.15) is 17.0 Å². The van der Waals surface area contributed by atoms with Crippen LogP contribution in [0.15, 0.2) is 18.2 Å². The van der Waals surface area contributed by atoms with Crippen molar-refractivity contribution in [3.63, 3.8) is 0 Å². The van der Waals surface area contributed by atoms with E-state index in [4.69, 9.17) is 11.5 Å². The van der Waals surface area contributed by atoms with Crippen molar-refractivity contribution in [2.75, 3.05) is 11.5 Å². The molecule has 0 aliphatic rings. The molecule has 0 saturated carbocycles. The third-order valence-corrected chi connectivity index (χ3v) is 4.77. The molecule has 2 rings (SSSR count). The van der Waals surface area contributed by atoms with Crippen LogP contribution in [0.25, 0.3) is 0 Å². The van der Waals surface area contributed by atoms with Gasteiger partial charge in [-0.15, -0.1) is 0 Å². The molecule has 0 spiro atoms. The zero-order valence-electron chi connectivity index (χ0n) is 15.8. The van der Waals surface area contributed by atoms with E-state index in [2.05, 4.69) is 0 Å². The second kappa shape index (κ2) is 7.56. The highest BCUT2D eigenvalue weighted by Crippen LogP contribution is 2.63. The normalized spacial score (nSPS) is 13.9. The van der Waals surface area contributed by atoms with Gasteiger partial charge in [-0.1, -0.05) is 6.07 Å². The quantitative estimate of drug-likeness (QED) is 0.207. The number of hydrogen-bond acceptors (Lipinski definition) is 5. The first-order chi connectivity index (χ1) is 15.0. The molecule has 0 atom stereocenters. The summed E-state index contributed by atoms with van der Waals surface area (Å²) in [4.78, 5) is 0. The minimum absolute atomic E-state index is 0.0115. The van der Waals surface area contributed by atoms with Crippen LogP contribution in [0.1, 0.15) is 22.3 Å². The molecule has 34 heavy (non-hydrogen) atoms. The predicted molar refractivity (Wildman–Crippen MR) is 89.6 cm³/mol. The Balaban J connectivity index is 3.36. The van der Waals surface area contributed by atoms with Gasteiger partial charge in [0.2, 0.25) is 5.41 Å². The second-order valence-electron chi connectivity index (χ2n) is 6.75. The lowest BCUT2D eigenvalue weighted by Crippen LogP contribution is -2.55. The standard InChI is InChI=1S/C17H10F12N2O3/c18-14(19,20)6-3-5(10(32)9(31)11(6)33)13(16(24,25)26,17(27,28)29)4-1-2-7(30)12(34)8(4)15(21,22)23/h1-3,32-34H,30-31H2. The molecule has 7 N–H and O–H groups in total. The maximum atomic E-state index is 14.2. The highest BCUT2D eigenvalue weighted by Gasteiger charge is 2.75. The average Bonchev–Trinajstić information content (AvgIpc) is 2.60. The number of aromatic hydroxyl groups is 3. The third-order valence-electron chi connectivity index (χ3n) is 4.77. The first kappa shape index (κ1) is 26.8. The van der Waals surface area contributed by atoms with Crippen LogP contribution in [0.5, 0.6) is 17.2 Å². The van der Waals surface area contributed by atoms with Gasteiger partial charge in [0.15, 0.2) is 11.5 Å². The van der Waals surface area contributed by atoms with Gasteiger partial charge in [0.25, 0.3) is 0 Å². The SMILES string of the molecule is Nc1ccc(C(c2cc(C(F)(F)F)c(O)c(N)c2O)(C(F)(F)F)C(F)(F)F)c(C(F)(F)F)c1O. The maximum Gasteiger partial charge on any atom is 0.420 e. The number of anilines is 2. The molecule has 0 amide bonds. The molecule has 5 nitrogen and oxygen atoms in total. The molecular weight excluding hydrogens is 508 g/mol. The van der Waals surface area contributed by atoms with Crippen molar-refractivity contribution in [1.29, 1.82) is 0 Å².